The summed E-state index contributed by atoms with van der Waals surface area (Å²) >= 11 is 0. The number of anilines is 1. The van der Waals surface area contributed by atoms with Crippen molar-refractivity contribution in [3.05, 3.63) is 24.3 Å². The molecule has 1 aliphatic heterocycles. The first-order chi connectivity index (χ1) is 10.1. The summed E-state index contributed by atoms with van der Waals surface area (Å²) in [5.74, 6) is 0.687. The Kier molecular flexibility index (Phi) is 5.81. The van der Waals surface area contributed by atoms with Crippen molar-refractivity contribution in [1.29, 1.82) is 0 Å². The Hall–Kier alpha value is -1.34. The van der Waals surface area contributed by atoms with E-state index in [-0.39, 0.29) is 25.4 Å². The predicted octanol–water partition coefficient (Wildman–Crippen LogP) is 0.0901. The van der Waals surface area contributed by atoms with Crippen LogP contribution in [0.1, 0.15) is 6.92 Å². The lowest BCUT2D eigenvalue weighted by Gasteiger charge is -2.38. The maximum Gasteiger partial charge on any atom is 0.119 e. The summed E-state index contributed by atoms with van der Waals surface area (Å²) in [4.78, 5) is 2.11. The molecule has 0 spiro atoms. The molecule has 0 amide bonds. The molecule has 1 aliphatic rings. The average molecular weight is 296 g/mol. The molecule has 4 N–H and O–H groups in total. The van der Waals surface area contributed by atoms with E-state index in [1.165, 1.54) is 0 Å². The fourth-order valence-electron chi connectivity index (χ4n) is 2.32. The van der Waals surface area contributed by atoms with E-state index in [1.807, 2.05) is 6.92 Å². The van der Waals surface area contributed by atoms with Gasteiger partial charge in [0.25, 0.3) is 0 Å². The molecule has 1 aromatic rings. The molecule has 1 fully saturated rings. The Morgan fingerprint density at radius 2 is 2.14 bits per heavy atom. The number of morpholine rings is 1. The minimum atomic E-state index is -0.595. The van der Waals surface area contributed by atoms with Crippen LogP contribution in [0.25, 0.3) is 0 Å². The van der Waals surface area contributed by atoms with Crippen molar-refractivity contribution in [2.75, 3.05) is 38.6 Å². The first-order valence-corrected chi connectivity index (χ1v) is 7.21. The molecule has 1 aromatic carbocycles. The zero-order valence-electron chi connectivity index (χ0n) is 12.3. The van der Waals surface area contributed by atoms with E-state index >= 15 is 0 Å². The van der Waals surface area contributed by atoms with Gasteiger partial charge < -0.3 is 25.4 Å². The van der Waals surface area contributed by atoms with Crippen LogP contribution in [0.15, 0.2) is 24.3 Å². The second-order valence-electron chi connectivity index (χ2n) is 5.47. The van der Waals surface area contributed by atoms with Gasteiger partial charge in [0.1, 0.15) is 18.5 Å². The third-order valence-corrected chi connectivity index (χ3v) is 3.61. The molecular weight excluding hydrogens is 272 g/mol. The fourth-order valence-corrected chi connectivity index (χ4v) is 2.32. The van der Waals surface area contributed by atoms with Gasteiger partial charge in [-0.25, -0.2) is 0 Å². The van der Waals surface area contributed by atoms with Crippen molar-refractivity contribution in [3.63, 3.8) is 0 Å². The first kappa shape index (κ1) is 16.0. The molecule has 3 unspecified atom stereocenters. The molecule has 0 aromatic heterocycles. The SMILES string of the molecule is CC1COC(CO)CN1CC(O)COc1ccc(N)cc1. The molecule has 118 valence electrons. The predicted molar refractivity (Wildman–Crippen MR) is 80.2 cm³/mol. The van der Waals surface area contributed by atoms with E-state index in [0.29, 0.717) is 31.1 Å². The van der Waals surface area contributed by atoms with Gasteiger partial charge in [0.05, 0.1) is 19.3 Å². The van der Waals surface area contributed by atoms with Crippen molar-refractivity contribution in [2.24, 2.45) is 0 Å². The van der Waals surface area contributed by atoms with E-state index in [4.69, 9.17) is 20.3 Å². The summed E-state index contributed by atoms with van der Waals surface area (Å²) in [6, 6.07) is 7.30. The second-order valence-corrected chi connectivity index (χ2v) is 5.47. The van der Waals surface area contributed by atoms with E-state index < -0.39 is 6.10 Å². The van der Waals surface area contributed by atoms with Crippen molar-refractivity contribution in [3.8, 4) is 5.75 Å². The molecule has 1 heterocycles. The van der Waals surface area contributed by atoms with E-state index in [0.717, 1.165) is 0 Å². The quantitative estimate of drug-likeness (QED) is 0.645. The minimum Gasteiger partial charge on any atom is -0.491 e. The molecule has 21 heavy (non-hydrogen) atoms. The number of ether oxygens (including phenoxy) is 2. The van der Waals surface area contributed by atoms with Gasteiger partial charge in [-0.1, -0.05) is 0 Å². The lowest BCUT2D eigenvalue weighted by molar-refractivity contribution is -0.0887. The third kappa shape index (κ3) is 4.86. The van der Waals surface area contributed by atoms with Crippen molar-refractivity contribution in [1.82, 2.24) is 4.90 Å². The van der Waals surface area contributed by atoms with Crippen LogP contribution in [0, 0.1) is 0 Å². The number of aliphatic hydroxyl groups excluding tert-OH is 2. The molecule has 0 aliphatic carbocycles. The van der Waals surface area contributed by atoms with E-state index in [1.54, 1.807) is 24.3 Å². The number of nitrogens with zero attached hydrogens (tertiary/aromatic N) is 1. The summed E-state index contributed by atoms with van der Waals surface area (Å²) < 4.78 is 11.0. The smallest absolute Gasteiger partial charge is 0.119 e. The third-order valence-electron chi connectivity index (χ3n) is 3.61. The van der Waals surface area contributed by atoms with Crippen LogP contribution in [-0.4, -0.2) is 66.3 Å². The van der Waals surface area contributed by atoms with Crippen LogP contribution in [0.3, 0.4) is 0 Å². The largest absolute Gasteiger partial charge is 0.491 e. The Labute approximate surface area is 125 Å². The van der Waals surface area contributed by atoms with Crippen LogP contribution >= 0.6 is 0 Å². The van der Waals surface area contributed by atoms with Crippen LogP contribution in [0.2, 0.25) is 0 Å². The Morgan fingerprint density at radius 1 is 1.43 bits per heavy atom. The minimum absolute atomic E-state index is 0.00124. The first-order valence-electron chi connectivity index (χ1n) is 7.21. The van der Waals surface area contributed by atoms with Crippen LogP contribution in [0.5, 0.6) is 5.75 Å². The maximum absolute atomic E-state index is 10.1. The molecule has 0 saturated carbocycles. The fraction of sp³-hybridized carbons (Fsp3) is 0.600. The number of nitrogen functional groups attached to an aromatic ring is 1. The number of β-amino-alcohol motifs (C(OH)–C–C–N with tert-alkyl or cyclic N) is 1. The topological polar surface area (TPSA) is 88.2 Å². The van der Waals surface area contributed by atoms with Gasteiger partial charge in [-0.3, -0.25) is 4.90 Å². The highest BCUT2D eigenvalue weighted by Gasteiger charge is 2.27. The molecule has 1 saturated heterocycles. The molecule has 2 rings (SSSR count). The standard InChI is InChI=1S/C15H24N2O4/c1-11-9-20-15(8-18)7-17(11)6-13(19)10-21-14-4-2-12(16)3-5-14/h2-5,11,13,15,18-19H,6-10,16H2,1H3. The molecule has 0 bridgehead atoms. The highest BCUT2D eigenvalue weighted by Crippen LogP contribution is 2.15. The molecule has 6 heteroatoms. The zero-order chi connectivity index (χ0) is 15.2. The number of aliphatic hydroxyl groups is 2. The van der Waals surface area contributed by atoms with Gasteiger partial charge in [0.15, 0.2) is 0 Å². The lowest BCUT2D eigenvalue weighted by atomic mass is 10.2. The van der Waals surface area contributed by atoms with Gasteiger partial charge >= 0.3 is 0 Å². The van der Waals surface area contributed by atoms with Crippen molar-refractivity contribution >= 4 is 5.69 Å². The Morgan fingerprint density at radius 3 is 2.81 bits per heavy atom. The van der Waals surface area contributed by atoms with Gasteiger partial charge in [-0.2, -0.15) is 0 Å². The normalized spacial score (nSPS) is 24.7. The van der Waals surface area contributed by atoms with Gasteiger partial charge in [0.2, 0.25) is 0 Å². The summed E-state index contributed by atoms with van der Waals surface area (Å²) in [5, 5.41) is 19.3. The maximum atomic E-state index is 10.1. The van der Waals surface area contributed by atoms with Crippen molar-refractivity contribution < 1.29 is 19.7 Å². The van der Waals surface area contributed by atoms with Crippen LogP contribution in [0.4, 0.5) is 5.69 Å². The number of benzene rings is 1. The highest BCUT2D eigenvalue weighted by molar-refractivity contribution is 5.41. The van der Waals surface area contributed by atoms with Gasteiger partial charge in [0, 0.05) is 24.8 Å². The van der Waals surface area contributed by atoms with E-state index in [2.05, 4.69) is 4.90 Å². The monoisotopic (exact) mass is 296 g/mol. The van der Waals surface area contributed by atoms with E-state index in [9.17, 15) is 5.11 Å². The summed E-state index contributed by atoms with van der Waals surface area (Å²) in [6.45, 7) is 3.95. The van der Waals surface area contributed by atoms with Crippen LogP contribution < -0.4 is 10.5 Å². The van der Waals surface area contributed by atoms with Gasteiger partial charge in [-0.05, 0) is 31.2 Å². The Bertz CT molecular complexity index is 426. The van der Waals surface area contributed by atoms with Gasteiger partial charge in [-0.15, -0.1) is 0 Å². The second kappa shape index (κ2) is 7.61. The number of rotatable bonds is 6. The number of hydrogen-bond donors (Lipinski definition) is 3. The molecule has 6 nitrogen and oxygen atoms in total. The molecular formula is C15H24N2O4. The number of hydrogen-bond acceptors (Lipinski definition) is 6. The highest BCUT2D eigenvalue weighted by atomic mass is 16.5. The average Bonchev–Trinajstić information content (AvgIpc) is 2.49. The van der Waals surface area contributed by atoms with Crippen LogP contribution in [-0.2, 0) is 4.74 Å². The number of nitrogens with two attached hydrogens (primary N) is 1. The Balaban J connectivity index is 1.77. The zero-order valence-corrected chi connectivity index (χ0v) is 12.3. The summed E-state index contributed by atoms with van der Waals surface area (Å²) in [6.07, 6.45) is -0.770. The molecule has 3 atom stereocenters. The molecule has 0 radical (unpaired) electrons. The summed E-state index contributed by atoms with van der Waals surface area (Å²) in [7, 11) is 0. The summed E-state index contributed by atoms with van der Waals surface area (Å²) in [5.41, 5.74) is 6.28. The van der Waals surface area contributed by atoms with Crippen molar-refractivity contribution in [2.45, 2.75) is 25.2 Å². The lowest BCUT2D eigenvalue weighted by Crippen LogP contribution is -2.52.